The second-order valence-electron chi connectivity index (χ2n) is 2.61. The minimum atomic E-state index is -0.543. The molecule has 82 valence electrons. The van der Waals surface area contributed by atoms with Crippen molar-refractivity contribution in [1.82, 2.24) is 0 Å². The maximum atomic E-state index is 11.0. The predicted octanol–water partition coefficient (Wildman–Crippen LogP) is 1.84. The molecule has 5 nitrogen and oxygen atoms in total. The summed E-state index contributed by atoms with van der Waals surface area (Å²) in [6, 6.07) is 0. The lowest BCUT2D eigenvalue weighted by molar-refractivity contribution is -0.421. The summed E-state index contributed by atoms with van der Waals surface area (Å²) in [7, 11) is 1.23. The zero-order valence-electron chi connectivity index (χ0n) is 8.73. The van der Waals surface area contributed by atoms with E-state index in [9.17, 15) is 14.9 Å². The summed E-state index contributed by atoms with van der Waals surface area (Å²) in [6.07, 6.45) is 4.02. The van der Waals surface area contributed by atoms with Gasteiger partial charge in [-0.1, -0.05) is 18.7 Å². The fraction of sp³-hybridized carbons (Fsp3) is 0.300. The summed E-state index contributed by atoms with van der Waals surface area (Å²) in [5, 5.41) is 10.6. The smallest absolute Gasteiger partial charge is 0.310 e. The van der Waals surface area contributed by atoms with Gasteiger partial charge in [0.15, 0.2) is 0 Å². The lowest BCUT2D eigenvalue weighted by Gasteiger charge is -2.02. The van der Waals surface area contributed by atoms with Crippen molar-refractivity contribution in [2.75, 3.05) is 7.11 Å². The Labute approximate surface area is 87.9 Å². The van der Waals surface area contributed by atoms with Gasteiger partial charge in [0.1, 0.15) is 0 Å². The Morgan fingerprint density at radius 2 is 2.20 bits per heavy atom. The van der Waals surface area contributed by atoms with Crippen LogP contribution in [0.5, 0.6) is 0 Å². The summed E-state index contributed by atoms with van der Waals surface area (Å²) in [5.41, 5.74) is 0.171. The number of hydrogen-bond donors (Lipinski definition) is 0. The molecule has 0 aromatic carbocycles. The van der Waals surface area contributed by atoms with Gasteiger partial charge < -0.3 is 4.74 Å². The van der Waals surface area contributed by atoms with Gasteiger partial charge in [0.25, 0.3) is 5.70 Å². The van der Waals surface area contributed by atoms with Crippen molar-refractivity contribution in [1.29, 1.82) is 0 Å². The quantitative estimate of drug-likeness (QED) is 0.301. The zero-order chi connectivity index (χ0) is 11.8. The van der Waals surface area contributed by atoms with Crippen molar-refractivity contribution < 1.29 is 14.5 Å². The molecule has 0 unspecified atom stereocenters. The average molecular weight is 211 g/mol. The molecule has 0 fully saturated rings. The maximum absolute atomic E-state index is 11.0. The van der Waals surface area contributed by atoms with Crippen molar-refractivity contribution >= 4 is 5.97 Å². The fourth-order valence-corrected chi connectivity index (χ4v) is 1.01. The first kappa shape index (κ1) is 13.1. The number of esters is 1. The third-order valence-corrected chi connectivity index (χ3v) is 1.68. The van der Waals surface area contributed by atoms with Gasteiger partial charge in [-0.2, -0.15) is 0 Å². The third-order valence-electron chi connectivity index (χ3n) is 1.68. The van der Waals surface area contributed by atoms with E-state index in [0.29, 0.717) is 0 Å². The molecule has 0 heterocycles. The van der Waals surface area contributed by atoms with Crippen LogP contribution in [-0.4, -0.2) is 18.0 Å². The molecule has 0 amide bonds. The molecule has 0 radical (unpaired) electrons. The summed E-state index contributed by atoms with van der Waals surface area (Å²) in [6.45, 7) is 4.97. The number of allylic oxidation sites excluding steroid dienone is 4. The normalized spacial score (nSPS) is 12.1. The summed E-state index contributed by atoms with van der Waals surface area (Å²) < 4.78 is 4.44. The van der Waals surface area contributed by atoms with Crippen LogP contribution in [0.25, 0.3) is 0 Å². The van der Waals surface area contributed by atoms with Crippen molar-refractivity contribution in [2.45, 2.75) is 13.3 Å². The van der Waals surface area contributed by atoms with Crippen molar-refractivity contribution in [3.63, 3.8) is 0 Å². The van der Waals surface area contributed by atoms with Crippen molar-refractivity contribution in [3.05, 3.63) is 46.2 Å². The number of rotatable bonds is 5. The van der Waals surface area contributed by atoms with E-state index in [1.54, 1.807) is 0 Å². The zero-order valence-corrected chi connectivity index (χ0v) is 8.73. The predicted molar refractivity (Wildman–Crippen MR) is 55.7 cm³/mol. The van der Waals surface area contributed by atoms with Crippen LogP contribution >= 0.6 is 0 Å². The molecule has 0 aliphatic heterocycles. The molecule has 0 aromatic rings. The van der Waals surface area contributed by atoms with Gasteiger partial charge in [0, 0.05) is 5.57 Å². The number of ether oxygens (including phenoxy) is 1. The molecule has 0 aromatic heterocycles. The van der Waals surface area contributed by atoms with E-state index in [2.05, 4.69) is 11.3 Å². The van der Waals surface area contributed by atoms with E-state index in [-0.39, 0.29) is 17.7 Å². The highest BCUT2D eigenvalue weighted by Gasteiger charge is 2.18. The van der Waals surface area contributed by atoms with E-state index >= 15 is 0 Å². The fourth-order valence-electron chi connectivity index (χ4n) is 1.01. The average Bonchev–Trinajstić information content (AvgIpc) is 2.18. The monoisotopic (exact) mass is 211 g/mol. The Bertz CT molecular complexity index is 328. The molecule has 0 saturated heterocycles. The van der Waals surface area contributed by atoms with Crippen LogP contribution in [0.1, 0.15) is 13.3 Å². The van der Waals surface area contributed by atoms with Crippen LogP contribution in [0.15, 0.2) is 36.1 Å². The van der Waals surface area contributed by atoms with Gasteiger partial charge in [0.05, 0.1) is 18.5 Å². The number of methoxy groups -OCH3 is 1. The molecular formula is C10H13NO4. The third kappa shape index (κ3) is 4.21. The first-order valence-electron chi connectivity index (χ1n) is 4.26. The molecule has 0 rings (SSSR count). The molecule has 0 atom stereocenters. The van der Waals surface area contributed by atoms with E-state index in [4.69, 9.17) is 0 Å². The second-order valence-corrected chi connectivity index (χ2v) is 2.61. The molecule has 0 bridgehead atoms. The van der Waals surface area contributed by atoms with E-state index < -0.39 is 10.9 Å². The molecule has 0 N–H and O–H groups in total. The molecule has 0 aliphatic rings. The van der Waals surface area contributed by atoms with Crippen molar-refractivity contribution in [2.24, 2.45) is 0 Å². The number of nitro groups is 1. The number of hydrogen-bond acceptors (Lipinski definition) is 4. The standard InChI is InChI=1S/C10H13NO4/c1-4-6-8(7-10(12)15-3)9(5-2)11(13)14/h4-6H,1,7H2,2-3H3/b8-6-,9-5+. The number of carbonyl (C=O) groups excluding carboxylic acids is 1. The molecule has 0 spiro atoms. The highest BCUT2D eigenvalue weighted by molar-refractivity contribution is 5.73. The molecular weight excluding hydrogens is 198 g/mol. The number of nitrogens with zero attached hydrogens (tertiary/aromatic N) is 1. The molecule has 5 heteroatoms. The minimum absolute atomic E-state index is 0.111. The van der Waals surface area contributed by atoms with Crippen molar-refractivity contribution in [3.8, 4) is 0 Å². The summed E-state index contributed by atoms with van der Waals surface area (Å²) >= 11 is 0. The lowest BCUT2D eigenvalue weighted by atomic mass is 10.1. The Morgan fingerprint density at radius 3 is 2.53 bits per heavy atom. The largest absolute Gasteiger partial charge is 0.469 e. The van der Waals surface area contributed by atoms with Crippen LogP contribution in [0.4, 0.5) is 0 Å². The Balaban J connectivity index is 4.97. The van der Waals surface area contributed by atoms with Crippen LogP contribution in [-0.2, 0) is 9.53 Å². The molecule has 0 aliphatic carbocycles. The minimum Gasteiger partial charge on any atom is -0.469 e. The Morgan fingerprint density at radius 1 is 1.60 bits per heavy atom. The highest BCUT2D eigenvalue weighted by atomic mass is 16.6. The Kier molecular flexibility index (Phi) is 5.70. The van der Waals surface area contributed by atoms with Gasteiger partial charge >= 0.3 is 5.97 Å². The van der Waals surface area contributed by atoms with E-state index in [1.165, 1.54) is 32.3 Å². The van der Waals surface area contributed by atoms with Gasteiger partial charge in [0.2, 0.25) is 0 Å². The topological polar surface area (TPSA) is 69.4 Å². The van der Waals surface area contributed by atoms with Gasteiger partial charge in [-0.3, -0.25) is 14.9 Å². The van der Waals surface area contributed by atoms with Gasteiger partial charge in [-0.15, -0.1) is 0 Å². The van der Waals surface area contributed by atoms with Gasteiger partial charge in [-0.25, -0.2) is 0 Å². The van der Waals surface area contributed by atoms with Crippen LogP contribution in [0, 0.1) is 10.1 Å². The number of carbonyl (C=O) groups is 1. The molecule has 0 saturated carbocycles. The van der Waals surface area contributed by atoms with Crippen LogP contribution in [0.3, 0.4) is 0 Å². The summed E-state index contributed by atoms with van der Waals surface area (Å²) in [4.78, 5) is 21.1. The van der Waals surface area contributed by atoms with Crippen LogP contribution < -0.4 is 0 Å². The summed E-state index contributed by atoms with van der Waals surface area (Å²) in [5.74, 6) is -0.524. The van der Waals surface area contributed by atoms with E-state index in [0.717, 1.165) is 0 Å². The highest BCUT2D eigenvalue weighted by Crippen LogP contribution is 2.15. The molecule has 15 heavy (non-hydrogen) atoms. The van der Waals surface area contributed by atoms with Crippen LogP contribution in [0.2, 0.25) is 0 Å². The SMILES string of the molecule is C=C/C=C(CC(=O)OC)\C(=C/C)[N+](=O)[O-]. The lowest BCUT2D eigenvalue weighted by Crippen LogP contribution is -2.08. The van der Waals surface area contributed by atoms with Gasteiger partial charge in [-0.05, 0) is 13.0 Å². The Hall–Kier alpha value is -1.91. The first-order chi connectivity index (χ1) is 7.06. The first-order valence-corrected chi connectivity index (χ1v) is 4.26. The second kappa shape index (κ2) is 6.53. The maximum Gasteiger partial charge on any atom is 0.310 e. The van der Waals surface area contributed by atoms with E-state index in [1.807, 2.05) is 0 Å².